The third-order valence-corrected chi connectivity index (χ3v) is 6.33. The van der Waals surface area contributed by atoms with Gasteiger partial charge in [-0.1, -0.05) is 29.8 Å². The number of aryl methyl sites for hydroxylation is 1. The molecule has 1 atom stereocenters. The van der Waals surface area contributed by atoms with Crippen molar-refractivity contribution in [2.45, 2.75) is 53.2 Å². The number of carbonyl (C=O) groups is 2. The molecule has 0 spiro atoms. The first-order chi connectivity index (χ1) is 15.9. The lowest BCUT2D eigenvalue weighted by Crippen LogP contribution is -2.52. The molecule has 0 saturated heterocycles. The Bertz CT molecular complexity index is 1070. The van der Waals surface area contributed by atoms with Gasteiger partial charge in [-0.15, -0.1) is 0 Å². The number of anilines is 1. The van der Waals surface area contributed by atoms with Crippen molar-refractivity contribution in [3.05, 3.63) is 59.7 Å². The zero-order valence-electron chi connectivity index (χ0n) is 20.7. The van der Waals surface area contributed by atoms with Crippen molar-refractivity contribution in [3.63, 3.8) is 0 Å². The zero-order chi connectivity index (χ0) is 25.5. The summed E-state index contributed by atoms with van der Waals surface area (Å²) in [5.74, 6) is -0.181. The Labute approximate surface area is 202 Å². The maximum absolute atomic E-state index is 13.5. The Morgan fingerprint density at radius 1 is 1.00 bits per heavy atom. The normalized spacial score (nSPS) is 12.2. The minimum absolute atomic E-state index is 0.0948. The number of benzene rings is 2. The lowest BCUT2D eigenvalue weighted by atomic mass is 10.1. The highest BCUT2D eigenvalue weighted by atomic mass is 32.2. The fourth-order valence-corrected chi connectivity index (χ4v) is 4.22. The molecule has 0 aliphatic rings. The molecule has 0 unspecified atom stereocenters. The zero-order valence-corrected chi connectivity index (χ0v) is 21.6. The van der Waals surface area contributed by atoms with E-state index in [0.29, 0.717) is 18.0 Å². The maximum atomic E-state index is 13.5. The molecule has 0 radical (unpaired) electrons. The average Bonchev–Trinajstić information content (AvgIpc) is 2.76. The summed E-state index contributed by atoms with van der Waals surface area (Å²) >= 11 is 0. The third-order valence-electron chi connectivity index (χ3n) is 5.19. The Hall–Kier alpha value is -3.07. The molecule has 186 valence electrons. The Morgan fingerprint density at radius 3 is 2.09 bits per heavy atom. The first-order valence-electron chi connectivity index (χ1n) is 11.3. The second-order valence-corrected chi connectivity index (χ2v) is 10.4. The van der Waals surface area contributed by atoms with Crippen LogP contribution in [0.2, 0.25) is 0 Å². The van der Waals surface area contributed by atoms with Crippen LogP contribution in [0.4, 0.5) is 5.69 Å². The monoisotopic (exact) mass is 489 g/mol. The van der Waals surface area contributed by atoms with Gasteiger partial charge in [-0.3, -0.25) is 13.9 Å². The molecular formula is C25H35N3O5S. The highest BCUT2D eigenvalue weighted by molar-refractivity contribution is 7.92. The molecule has 0 fully saturated rings. The van der Waals surface area contributed by atoms with Gasteiger partial charge in [0, 0.05) is 12.6 Å². The fraction of sp³-hybridized carbons (Fsp3) is 0.440. The number of carbonyl (C=O) groups excluding carboxylic acids is 2. The maximum Gasteiger partial charge on any atom is 0.244 e. The molecule has 0 aliphatic heterocycles. The summed E-state index contributed by atoms with van der Waals surface area (Å²) < 4.78 is 31.6. The third kappa shape index (κ3) is 7.76. The first kappa shape index (κ1) is 27.2. The molecule has 2 amide bonds. The fourth-order valence-electron chi connectivity index (χ4n) is 3.37. The molecule has 9 heteroatoms. The van der Waals surface area contributed by atoms with Crippen LogP contribution < -0.4 is 14.4 Å². The van der Waals surface area contributed by atoms with Gasteiger partial charge in [0.15, 0.2) is 0 Å². The molecule has 2 aromatic carbocycles. The van der Waals surface area contributed by atoms with Crippen molar-refractivity contribution >= 4 is 27.5 Å². The summed E-state index contributed by atoms with van der Waals surface area (Å²) in [6, 6.07) is 13.3. The molecule has 34 heavy (non-hydrogen) atoms. The van der Waals surface area contributed by atoms with Gasteiger partial charge in [0.1, 0.15) is 18.3 Å². The lowest BCUT2D eigenvalue weighted by Gasteiger charge is -2.32. The van der Waals surface area contributed by atoms with Crippen LogP contribution in [0.15, 0.2) is 48.5 Å². The molecule has 0 heterocycles. The van der Waals surface area contributed by atoms with Crippen molar-refractivity contribution < 1.29 is 22.7 Å². The molecule has 1 N–H and O–H groups in total. The quantitative estimate of drug-likeness (QED) is 0.523. The number of rotatable bonds is 11. The number of sulfonamides is 1. The Morgan fingerprint density at radius 2 is 1.59 bits per heavy atom. The topological polar surface area (TPSA) is 96.0 Å². The van der Waals surface area contributed by atoms with Crippen molar-refractivity contribution in [1.29, 1.82) is 0 Å². The standard InChI is InChI=1S/C25H35N3O5S/c1-7-33-23-14-12-22(13-15-23)28(34(6,31)32)17-24(29)27(20(5)25(30)26-18(2)3)16-21-10-8-19(4)9-11-21/h8-15,18,20H,7,16-17H2,1-6H3,(H,26,30)/t20-/m0/s1. The van der Waals surface area contributed by atoms with Crippen LogP contribution in [0.25, 0.3) is 0 Å². The van der Waals surface area contributed by atoms with E-state index >= 15 is 0 Å². The SMILES string of the molecule is CCOc1ccc(N(CC(=O)N(Cc2ccc(C)cc2)[C@@H](C)C(=O)NC(C)C)S(C)(=O)=O)cc1. The van der Waals surface area contributed by atoms with Crippen LogP contribution in [0.3, 0.4) is 0 Å². The van der Waals surface area contributed by atoms with E-state index in [4.69, 9.17) is 4.74 Å². The van der Waals surface area contributed by atoms with Gasteiger partial charge >= 0.3 is 0 Å². The van der Waals surface area contributed by atoms with Gasteiger partial charge < -0.3 is 15.0 Å². The van der Waals surface area contributed by atoms with Crippen LogP contribution in [-0.4, -0.2) is 56.6 Å². The van der Waals surface area contributed by atoms with Gasteiger partial charge in [0.05, 0.1) is 18.6 Å². The highest BCUT2D eigenvalue weighted by Crippen LogP contribution is 2.22. The summed E-state index contributed by atoms with van der Waals surface area (Å²) in [7, 11) is -3.77. The van der Waals surface area contributed by atoms with Crippen molar-refractivity contribution in [2.75, 3.05) is 23.7 Å². The van der Waals surface area contributed by atoms with E-state index in [-0.39, 0.29) is 18.5 Å². The molecule has 0 saturated carbocycles. The van der Waals surface area contributed by atoms with E-state index in [1.165, 1.54) is 4.90 Å². The molecule has 0 bridgehead atoms. The van der Waals surface area contributed by atoms with E-state index in [9.17, 15) is 18.0 Å². The summed E-state index contributed by atoms with van der Waals surface area (Å²) in [5.41, 5.74) is 2.26. The number of nitrogens with zero attached hydrogens (tertiary/aromatic N) is 2. The Balaban J connectivity index is 2.35. The van der Waals surface area contributed by atoms with Gasteiger partial charge in [0.2, 0.25) is 21.8 Å². The van der Waals surface area contributed by atoms with Crippen molar-refractivity contribution in [3.8, 4) is 5.75 Å². The van der Waals surface area contributed by atoms with Crippen molar-refractivity contribution in [1.82, 2.24) is 10.2 Å². The second-order valence-electron chi connectivity index (χ2n) is 8.54. The largest absolute Gasteiger partial charge is 0.494 e. The molecule has 2 aromatic rings. The second kappa shape index (κ2) is 11.9. The summed E-state index contributed by atoms with van der Waals surface area (Å²) in [5, 5.41) is 2.83. The van der Waals surface area contributed by atoms with Crippen molar-refractivity contribution in [2.24, 2.45) is 0 Å². The number of hydrogen-bond donors (Lipinski definition) is 1. The first-order valence-corrected chi connectivity index (χ1v) is 13.1. The molecule has 0 aliphatic carbocycles. The molecule has 2 rings (SSSR count). The molecule has 8 nitrogen and oxygen atoms in total. The molecule has 0 aromatic heterocycles. The van der Waals surface area contributed by atoms with Gasteiger partial charge in [-0.05, 0) is 64.4 Å². The van der Waals surface area contributed by atoms with E-state index in [2.05, 4.69) is 5.32 Å². The van der Waals surface area contributed by atoms with E-state index < -0.39 is 28.5 Å². The highest BCUT2D eigenvalue weighted by Gasteiger charge is 2.30. The molecular weight excluding hydrogens is 454 g/mol. The van der Waals surface area contributed by atoms with Gasteiger partial charge in [-0.25, -0.2) is 8.42 Å². The van der Waals surface area contributed by atoms with Gasteiger partial charge in [-0.2, -0.15) is 0 Å². The van der Waals surface area contributed by atoms with Crippen LogP contribution >= 0.6 is 0 Å². The summed E-state index contributed by atoms with van der Waals surface area (Å²) in [6.45, 7) is 9.37. The number of nitrogens with one attached hydrogen (secondary N) is 1. The van der Waals surface area contributed by atoms with Crippen LogP contribution in [0.5, 0.6) is 5.75 Å². The van der Waals surface area contributed by atoms with Gasteiger partial charge in [0.25, 0.3) is 0 Å². The smallest absolute Gasteiger partial charge is 0.244 e. The predicted octanol–water partition coefficient (Wildman–Crippen LogP) is 3.10. The van der Waals surface area contributed by atoms with Crippen LogP contribution in [0, 0.1) is 6.92 Å². The summed E-state index contributed by atoms with van der Waals surface area (Å²) in [4.78, 5) is 27.6. The van der Waals surface area contributed by atoms with Crippen LogP contribution in [-0.2, 0) is 26.2 Å². The van der Waals surface area contributed by atoms with E-state index in [1.54, 1.807) is 31.2 Å². The number of amides is 2. The number of ether oxygens (including phenoxy) is 1. The minimum atomic E-state index is -3.77. The van der Waals surface area contributed by atoms with E-state index in [0.717, 1.165) is 21.7 Å². The Kier molecular flexibility index (Phi) is 9.49. The average molecular weight is 490 g/mol. The minimum Gasteiger partial charge on any atom is -0.494 e. The number of hydrogen-bond acceptors (Lipinski definition) is 5. The lowest BCUT2D eigenvalue weighted by molar-refractivity contribution is -0.139. The summed E-state index contributed by atoms with van der Waals surface area (Å²) in [6.07, 6.45) is 1.05. The predicted molar refractivity (Wildman–Crippen MR) is 134 cm³/mol. The van der Waals surface area contributed by atoms with E-state index in [1.807, 2.05) is 52.0 Å². The van der Waals surface area contributed by atoms with Crippen LogP contribution in [0.1, 0.15) is 38.8 Å².